The Morgan fingerprint density at radius 2 is 2.00 bits per heavy atom. The molecule has 0 spiro atoms. The molecule has 1 heterocycles. The molecule has 136 valence electrons. The van der Waals surface area contributed by atoms with E-state index < -0.39 is 5.92 Å². The SMILES string of the molecule is COc1ccc(Cl)cc1N1C[C@H](C(=O)Nc2cc(C)ccc2C)CC1=O. The van der Waals surface area contributed by atoms with Crippen molar-refractivity contribution in [2.24, 2.45) is 5.92 Å². The lowest BCUT2D eigenvalue weighted by Crippen LogP contribution is -2.28. The first kappa shape index (κ1) is 18.3. The molecule has 26 heavy (non-hydrogen) atoms. The molecule has 0 saturated carbocycles. The second-order valence-corrected chi connectivity index (χ2v) is 6.97. The molecule has 1 aliphatic heterocycles. The summed E-state index contributed by atoms with van der Waals surface area (Å²) in [5, 5.41) is 3.46. The van der Waals surface area contributed by atoms with Crippen molar-refractivity contribution in [1.29, 1.82) is 0 Å². The standard InChI is InChI=1S/C20H21ClN2O3/c1-12-4-5-13(2)16(8-12)22-20(25)14-9-19(24)23(11-14)17-10-15(21)6-7-18(17)26-3/h4-8,10,14H,9,11H2,1-3H3,(H,22,25)/t14-/m1/s1. The number of hydrogen-bond donors (Lipinski definition) is 1. The van der Waals surface area contributed by atoms with Crippen molar-refractivity contribution in [3.8, 4) is 5.75 Å². The van der Waals surface area contributed by atoms with Crippen molar-refractivity contribution in [2.75, 3.05) is 23.9 Å². The molecule has 0 aromatic heterocycles. The van der Waals surface area contributed by atoms with Gasteiger partial charge in [-0.15, -0.1) is 0 Å². The Balaban J connectivity index is 1.78. The summed E-state index contributed by atoms with van der Waals surface area (Å²) in [6.45, 7) is 4.21. The lowest BCUT2D eigenvalue weighted by atomic mass is 10.1. The topological polar surface area (TPSA) is 58.6 Å². The third kappa shape index (κ3) is 3.68. The fourth-order valence-corrected chi connectivity index (χ4v) is 3.26. The second-order valence-electron chi connectivity index (χ2n) is 6.53. The number of methoxy groups -OCH3 is 1. The molecule has 2 aromatic rings. The van der Waals surface area contributed by atoms with Gasteiger partial charge in [0.1, 0.15) is 5.75 Å². The van der Waals surface area contributed by atoms with Crippen LogP contribution < -0.4 is 15.0 Å². The summed E-state index contributed by atoms with van der Waals surface area (Å²) in [6, 6.07) is 11.0. The van der Waals surface area contributed by atoms with Gasteiger partial charge in [-0.1, -0.05) is 23.7 Å². The Kier molecular flexibility index (Phi) is 5.18. The minimum atomic E-state index is -0.425. The summed E-state index contributed by atoms with van der Waals surface area (Å²) in [4.78, 5) is 26.7. The number of carbonyl (C=O) groups excluding carboxylic acids is 2. The van der Waals surface area contributed by atoms with E-state index in [1.807, 2.05) is 32.0 Å². The quantitative estimate of drug-likeness (QED) is 0.883. The number of aryl methyl sites for hydroxylation is 2. The molecule has 1 aliphatic rings. The number of carbonyl (C=O) groups is 2. The van der Waals surface area contributed by atoms with Gasteiger partial charge >= 0.3 is 0 Å². The molecule has 5 nitrogen and oxygen atoms in total. The fourth-order valence-electron chi connectivity index (χ4n) is 3.10. The molecule has 0 radical (unpaired) electrons. The highest BCUT2D eigenvalue weighted by Crippen LogP contribution is 2.35. The Bertz CT molecular complexity index is 866. The predicted octanol–water partition coefficient (Wildman–Crippen LogP) is 3.96. The summed E-state index contributed by atoms with van der Waals surface area (Å²) in [6.07, 6.45) is 0.159. The molecular weight excluding hydrogens is 352 g/mol. The molecule has 3 rings (SSSR count). The van der Waals surface area contributed by atoms with Gasteiger partial charge in [0.05, 0.1) is 18.7 Å². The Morgan fingerprint density at radius 3 is 2.73 bits per heavy atom. The summed E-state index contributed by atoms with van der Waals surface area (Å²) in [5.41, 5.74) is 3.42. The van der Waals surface area contributed by atoms with E-state index in [9.17, 15) is 9.59 Å². The maximum atomic E-state index is 12.7. The second kappa shape index (κ2) is 7.38. The van der Waals surface area contributed by atoms with E-state index in [1.165, 1.54) is 7.11 Å². The third-order valence-electron chi connectivity index (χ3n) is 4.58. The molecule has 6 heteroatoms. The molecule has 2 aromatic carbocycles. The highest BCUT2D eigenvalue weighted by Gasteiger charge is 2.36. The molecule has 1 fully saturated rings. The van der Waals surface area contributed by atoms with Crippen molar-refractivity contribution < 1.29 is 14.3 Å². The van der Waals surface area contributed by atoms with Gasteiger partial charge in [0.2, 0.25) is 11.8 Å². The van der Waals surface area contributed by atoms with Crippen LogP contribution in [0.4, 0.5) is 11.4 Å². The number of rotatable bonds is 4. The van der Waals surface area contributed by atoms with Gasteiger partial charge in [-0.3, -0.25) is 9.59 Å². The zero-order valence-electron chi connectivity index (χ0n) is 15.0. The van der Waals surface area contributed by atoms with Crippen molar-refractivity contribution in [1.82, 2.24) is 0 Å². The molecule has 0 bridgehead atoms. The number of amides is 2. The van der Waals surface area contributed by atoms with Crippen LogP contribution in [-0.2, 0) is 9.59 Å². The van der Waals surface area contributed by atoms with Crippen molar-refractivity contribution >= 4 is 34.8 Å². The van der Waals surface area contributed by atoms with Gasteiger partial charge in [0, 0.05) is 23.7 Å². The van der Waals surface area contributed by atoms with Crippen molar-refractivity contribution in [3.05, 3.63) is 52.5 Å². The van der Waals surface area contributed by atoms with Crippen LogP contribution in [0.15, 0.2) is 36.4 Å². The Labute approximate surface area is 157 Å². The van der Waals surface area contributed by atoms with Crippen LogP contribution in [0.2, 0.25) is 5.02 Å². The highest BCUT2D eigenvalue weighted by atomic mass is 35.5. The Morgan fingerprint density at radius 1 is 1.23 bits per heavy atom. The van der Waals surface area contributed by atoms with Crippen LogP contribution >= 0.6 is 11.6 Å². The van der Waals surface area contributed by atoms with Crippen LogP contribution in [0, 0.1) is 19.8 Å². The van der Waals surface area contributed by atoms with Gasteiger partial charge in [-0.05, 0) is 49.2 Å². The number of benzene rings is 2. The van der Waals surface area contributed by atoms with Gasteiger partial charge in [0.15, 0.2) is 0 Å². The van der Waals surface area contributed by atoms with E-state index in [0.29, 0.717) is 23.0 Å². The van der Waals surface area contributed by atoms with Crippen molar-refractivity contribution in [2.45, 2.75) is 20.3 Å². The first-order chi connectivity index (χ1) is 12.4. The van der Waals surface area contributed by atoms with Crippen LogP contribution in [0.3, 0.4) is 0 Å². The number of anilines is 2. The highest BCUT2D eigenvalue weighted by molar-refractivity contribution is 6.31. The van der Waals surface area contributed by atoms with E-state index in [2.05, 4.69) is 5.32 Å². The van der Waals surface area contributed by atoms with Gasteiger partial charge in [0.25, 0.3) is 0 Å². The van der Waals surface area contributed by atoms with Crippen LogP contribution in [-0.4, -0.2) is 25.5 Å². The van der Waals surface area contributed by atoms with E-state index in [-0.39, 0.29) is 18.2 Å². The molecule has 0 aliphatic carbocycles. The molecule has 0 unspecified atom stereocenters. The predicted molar refractivity (Wildman–Crippen MR) is 103 cm³/mol. The number of halogens is 1. The van der Waals surface area contributed by atoms with Crippen LogP contribution in [0.1, 0.15) is 17.5 Å². The van der Waals surface area contributed by atoms with E-state index in [4.69, 9.17) is 16.3 Å². The molecule has 1 saturated heterocycles. The first-order valence-corrected chi connectivity index (χ1v) is 8.79. The third-order valence-corrected chi connectivity index (χ3v) is 4.81. The normalized spacial score (nSPS) is 16.7. The lowest BCUT2D eigenvalue weighted by molar-refractivity contribution is -0.122. The van der Waals surface area contributed by atoms with E-state index >= 15 is 0 Å². The van der Waals surface area contributed by atoms with E-state index in [0.717, 1.165) is 16.8 Å². The van der Waals surface area contributed by atoms with Crippen LogP contribution in [0.25, 0.3) is 0 Å². The molecule has 1 atom stereocenters. The van der Waals surface area contributed by atoms with Crippen molar-refractivity contribution in [3.63, 3.8) is 0 Å². The summed E-state index contributed by atoms with van der Waals surface area (Å²) in [5.74, 6) is -0.147. The largest absolute Gasteiger partial charge is 0.495 e. The average Bonchev–Trinajstić information content (AvgIpc) is 3.00. The Hall–Kier alpha value is -2.53. The first-order valence-electron chi connectivity index (χ1n) is 8.41. The fraction of sp³-hybridized carbons (Fsp3) is 0.300. The maximum Gasteiger partial charge on any atom is 0.229 e. The number of hydrogen-bond acceptors (Lipinski definition) is 3. The number of nitrogens with zero attached hydrogens (tertiary/aromatic N) is 1. The summed E-state index contributed by atoms with van der Waals surface area (Å²) < 4.78 is 5.33. The zero-order chi connectivity index (χ0) is 18.8. The zero-order valence-corrected chi connectivity index (χ0v) is 15.8. The minimum absolute atomic E-state index is 0.119. The monoisotopic (exact) mass is 372 g/mol. The molecular formula is C20H21ClN2O3. The minimum Gasteiger partial charge on any atom is -0.495 e. The van der Waals surface area contributed by atoms with Crippen LogP contribution in [0.5, 0.6) is 5.75 Å². The van der Waals surface area contributed by atoms with Gasteiger partial charge in [-0.25, -0.2) is 0 Å². The van der Waals surface area contributed by atoms with E-state index in [1.54, 1.807) is 23.1 Å². The molecule has 1 N–H and O–H groups in total. The number of nitrogens with one attached hydrogen (secondary N) is 1. The van der Waals surface area contributed by atoms with Gasteiger partial charge in [-0.2, -0.15) is 0 Å². The molecule has 2 amide bonds. The average molecular weight is 373 g/mol. The number of ether oxygens (including phenoxy) is 1. The lowest BCUT2D eigenvalue weighted by Gasteiger charge is -2.20. The summed E-state index contributed by atoms with van der Waals surface area (Å²) >= 11 is 6.07. The van der Waals surface area contributed by atoms with Gasteiger partial charge < -0.3 is 15.0 Å². The summed E-state index contributed by atoms with van der Waals surface area (Å²) in [7, 11) is 1.54. The maximum absolute atomic E-state index is 12.7. The smallest absolute Gasteiger partial charge is 0.229 e.